The van der Waals surface area contributed by atoms with Gasteiger partial charge in [0.2, 0.25) is 0 Å². The summed E-state index contributed by atoms with van der Waals surface area (Å²) in [4.78, 5) is 35.2. The second-order valence-corrected chi connectivity index (χ2v) is 2.96. The summed E-state index contributed by atoms with van der Waals surface area (Å²) < 4.78 is 0. The van der Waals surface area contributed by atoms with Crippen molar-refractivity contribution in [2.24, 2.45) is 0 Å². The molecule has 3 N–H and O–H groups in total. The number of carboxylic acids is 1. The van der Waals surface area contributed by atoms with Gasteiger partial charge < -0.3 is 15.4 Å². The van der Waals surface area contributed by atoms with Crippen molar-refractivity contribution < 1.29 is 14.7 Å². The van der Waals surface area contributed by atoms with Crippen molar-refractivity contribution >= 4 is 11.9 Å². The SMILES string of the molecule is Cc1ccc(C(=O)NCC(=O)O)c(=O)[nH]1. The molecule has 0 saturated heterocycles. The summed E-state index contributed by atoms with van der Waals surface area (Å²) in [6.07, 6.45) is 0. The molecule has 0 radical (unpaired) electrons. The van der Waals surface area contributed by atoms with Crippen LogP contribution in [0.4, 0.5) is 0 Å². The number of hydrogen-bond donors (Lipinski definition) is 3. The van der Waals surface area contributed by atoms with E-state index in [2.05, 4.69) is 10.3 Å². The Kier molecular flexibility index (Phi) is 3.22. The Bertz CT molecular complexity index is 450. The maximum absolute atomic E-state index is 11.3. The number of rotatable bonds is 3. The quantitative estimate of drug-likeness (QED) is 0.626. The number of amides is 1. The van der Waals surface area contributed by atoms with Crippen molar-refractivity contribution in [3.63, 3.8) is 0 Å². The Balaban J connectivity index is 2.83. The average Bonchev–Trinajstić information content (AvgIpc) is 2.14. The molecule has 0 atom stereocenters. The number of nitrogens with one attached hydrogen (secondary N) is 2. The molecule has 6 nitrogen and oxygen atoms in total. The molecule has 0 fully saturated rings. The number of aryl methyl sites for hydroxylation is 1. The number of carbonyl (C=O) groups excluding carboxylic acids is 1. The van der Waals surface area contributed by atoms with Crippen molar-refractivity contribution in [2.45, 2.75) is 6.92 Å². The smallest absolute Gasteiger partial charge is 0.322 e. The third kappa shape index (κ3) is 2.94. The van der Waals surface area contributed by atoms with Crippen LogP contribution in [0.3, 0.4) is 0 Å². The molecular formula is C9H10N2O4. The van der Waals surface area contributed by atoms with Crippen LogP contribution in [0.2, 0.25) is 0 Å². The molecule has 1 aromatic heterocycles. The molecule has 0 aromatic carbocycles. The van der Waals surface area contributed by atoms with Crippen molar-refractivity contribution in [1.29, 1.82) is 0 Å². The van der Waals surface area contributed by atoms with E-state index in [1.165, 1.54) is 6.07 Å². The summed E-state index contributed by atoms with van der Waals surface area (Å²) in [5.41, 5.74) is 0.00882. The molecule has 6 heteroatoms. The van der Waals surface area contributed by atoms with Crippen molar-refractivity contribution in [1.82, 2.24) is 10.3 Å². The lowest BCUT2D eigenvalue weighted by atomic mass is 10.2. The molecule has 80 valence electrons. The van der Waals surface area contributed by atoms with Crippen LogP contribution in [0.15, 0.2) is 16.9 Å². The highest BCUT2D eigenvalue weighted by atomic mass is 16.4. The molecule has 15 heavy (non-hydrogen) atoms. The zero-order chi connectivity index (χ0) is 11.4. The van der Waals surface area contributed by atoms with Crippen LogP contribution < -0.4 is 10.9 Å². The molecule has 0 spiro atoms. The second kappa shape index (κ2) is 4.41. The van der Waals surface area contributed by atoms with E-state index in [1.54, 1.807) is 13.0 Å². The Morgan fingerprint density at radius 3 is 2.67 bits per heavy atom. The van der Waals surface area contributed by atoms with Crippen LogP contribution in [-0.2, 0) is 4.79 Å². The first kappa shape index (κ1) is 11.0. The Morgan fingerprint density at radius 1 is 1.47 bits per heavy atom. The fraction of sp³-hybridized carbons (Fsp3) is 0.222. The summed E-state index contributed by atoms with van der Waals surface area (Å²) in [6, 6.07) is 2.92. The summed E-state index contributed by atoms with van der Waals surface area (Å²) >= 11 is 0. The number of carboxylic acid groups (broad SMARTS) is 1. The zero-order valence-corrected chi connectivity index (χ0v) is 8.03. The number of aliphatic carboxylic acids is 1. The number of aromatic nitrogens is 1. The second-order valence-electron chi connectivity index (χ2n) is 2.96. The monoisotopic (exact) mass is 210 g/mol. The predicted molar refractivity (Wildman–Crippen MR) is 51.8 cm³/mol. The standard InChI is InChI=1S/C9H10N2O4/c1-5-2-3-6(9(15)11-5)8(14)10-4-7(12)13/h2-3H,4H2,1H3,(H,10,14)(H,11,15)(H,12,13). The summed E-state index contributed by atoms with van der Waals surface area (Å²) in [7, 11) is 0. The van der Waals surface area contributed by atoms with E-state index in [9.17, 15) is 14.4 Å². The van der Waals surface area contributed by atoms with Gasteiger partial charge in [-0.25, -0.2) is 0 Å². The Hall–Kier alpha value is -2.11. The van der Waals surface area contributed by atoms with Gasteiger partial charge in [0.05, 0.1) is 0 Å². The summed E-state index contributed by atoms with van der Waals surface area (Å²) in [6.45, 7) is 1.17. The fourth-order valence-corrected chi connectivity index (χ4v) is 1.00. The molecule has 0 aliphatic heterocycles. The summed E-state index contributed by atoms with van der Waals surface area (Å²) in [5.74, 6) is -1.86. The zero-order valence-electron chi connectivity index (χ0n) is 8.03. The van der Waals surface area contributed by atoms with Gasteiger partial charge in [0.1, 0.15) is 12.1 Å². The average molecular weight is 210 g/mol. The first-order valence-electron chi connectivity index (χ1n) is 4.20. The highest BCUT2D eigenvalue weighted by molar-refractivity contribution is 5.95. The van der Waals surface area contributed by atoms with E-state index in [0.717, 1.165) is 0 Å². The number of pyridine rings is 1. The van der Waals surface area contributed by atoms with E-state index >= 15 is 0 Å². The Morgan fingerprint density at radius 2 is 2.13 bits per heavy atom. The summed E-state index contributed by atoms with van der Waals surface area (Å²) in [5, 5.41) is 10.4. The maximum Gasteiger partial charge on any atom is 0.322 e. The van der Waals surface area contributed by atoms with Crippen LogP contribution >= 0.6 is 0 Å². The fourth-order valence-electron chi connectivity index (χ4n) is 1.00. The van der Waals surface area contributed by atoms with Crippen LogP contribution in [0.5, 0.6) is 0 Å². The normalized spacial score (nSPS) is 9.67. The molecule has 0 aliphatic rings. The first-order chi connectivity index (χ1) is 7.00. The van der Waals surface area contributed by atoms with Crippen molar-refractivity contribution in [2.75, 3.05) is 6.54 Å². The van der Waals surface area contributed by atoms with E-state index in [0.29, 0.717) is 5.69 Å². The lowest BCUT2D eigenvalue weighted by molar-refractivity contribution is -0.135. The van der Waals surface area contributed by atoms with E-state index in [1.807, 2.05) is 0 Å². The molecule has 0 unspecified atom stereocenters. The van der Waals surface area contributed by atoms with E-state index < -0.39 is 24.0 Å². The molecule has 1 rings (SSSR count). The Labute approximate surface area is 84.9 Å². The number of hydrogen-bond acceptors (Lipinski definition) is 3. The molecule has 0 bridgehead atoms. The highest BCUT2D eigenvalue weighted by Gasteiger charge is 2.10. The molecule has 1 amide bonds. The van der Waals surface area contributed by atoms with E-state index in [-0.39, 0.29) is 5.56 Å². The van der Waals surface area contributed by atoms with Crippen LogP contribution in [0, 0.1) is 6.92 Å². The molecule has 0 saturated carbocycles. The first-order valence-corrected chi connectivity index (χ1v) is 4.20. The van der Waals surface area contributed by atoms with Gasteiger partial charge in [-0.15, -0.1) is 0 Å². The van der Waals surface area contributed by atoms with Gasteiger partial charge in [-0.05, 0) is 19.1 Å². The number of aromatic amines is 1. The third-order valence-electron chi connectivity index (χ3n) is 1.70. The van der Waals surface area contributed by atoms with Crippen LogP contribution in [0.25, 0.3) is 0 Å². The van der Waals surface area contributed by atoms with Crippen LogP contribution in [0.1, 0.15) is 16.1 Å². The van der Waals surface area contributed by atoms with Crippen LogP contribution in [-0.4, -0.2) is 28.5 Å². The molecule has 0 aliphatic carbocycles. The highest BCUT2D eigenvalue weighted by Crippen LogP contribution is 1.92. The van der Waals surface area contributed by atoms with Gasteiger partial charge in [-0.2, -0.15) is 0 Å². The van der Waals surface area contributed by atoms with E-state index in [4.69, 9.17) is 5.11 Å². The lowest BCUT2D eigenvalue weighted by Gasteiger charge is -2.01. The molecule has 1 aromatic rings. The topological polar surface area (TPSA) is 99.3 Å². The largest absolute Gasteiger partial charge is 0.480 e. The van der Waals surface area contributed by atoms with Gasteiger partial charge in [0.15, 0.2) is 0 Å². The molecular weight excluding hydrogens is 200 g/mol. The van der Waals surface area contributed by atoms with Gasteiger partial charge in [0.25, 0.3) is 11.5 Å². The number of carbonyl (C=O) groups is 2. The third-order valence-corrected chi connectivity index (χ3v) is 1.70. The van der Waals surface area contributed by atoms with Gasteiger partial charge >= 0.3 is 5.97 Å². The number of H-pyrrole nitrogens is 1. The molecule has 1 heterocycles. The van der Waals surface area contributed by atoms with Gasteiger partial charge in [-0.3, -0.25) is 14.4 Å². The van der Waals surface area contributed by atoms with Gasteiger partial charge in [-0.1, -0.05) is 0 Å². The minimum atomic E-state index is -1.16. The lowest BCUT2D eigenvalue weighted by Crippen LogP contribution is -2.33. The predicted octanol–water partition coefficient (Wildman–Crippen LogP) is -0.502. The minimum Gasteiger partial charge on any atom is -0.480 e. The van der Waals surface area contributed by atoms with Gasteiger partial charge in [0, 0.05) is 5.69 Å². The van der Waals surface area contributed by atoms with Crippen molar-refractivity contribution in [3.8, 4) is 0 Å². The minimum absolute atomic E-state index is 0.0955. The maximum atomic E-state index is 11.3. The van der Waals surface area contributed by atoms with Crippen molar-refractivity contribution in [3.05, 3.63) is 33.7 Å².